The van der Waals surface area contributed by atoms with Crippen LogP contribution in [0, 0.1) is 10.1 Å². The number of anilines is 1. The van der Waals surface area contributed by atoms with E-state index in [-0.39, 0.29) is 11.5 Å². The van der Waals surface area contributed by atoms with Crippen molar-refractivity contribution in [1.29, 1.82) is 0 Å². The van der Waals surface area contributed by atoms with Crippen molar-refractivity contribution in [2.24, 2.45) is 10.9 Å². The number of nitro groups is 1. The molecule has 0 aromatic heterocycles. The Bertz CT molecular complexity index is 495. The Hall–Kier alpha value is -2.31. The quantitative estimate of drug-likeness (QED) is 0.276. The Balaban J connectivity index is 2.47. The van der Waals surface area contributed by atoms with Crippen LogP contribution in [-0.2, 0) is 0 Å². The van der Waals surface area contributed by atoms with Crippen molar-refractivity contribution in [3.05, 3.63) is 33.9 Å². The molecule has 18 heavy (non-hydrogen) atoms. The number of oxime groups is 1. The summed E-state index contributed by atoms with van der Waals surface area (Å²) in [5, 5.41) is 22.5. The molecule has 7 heteroatoms. The highest BCUT2D eigenvalue weighted by Crippen LogP contribution is 2.31. The lowest BCUT2D eigenvalue weighted by molar-refractivity contribution is -0.384. The molecule has 1 fully saturated rings. The molecule has 0 amide bonds. The van der Waals surface area contributed by atoms with Crippen molar-refractivity contribution in [2.75, 3.05) is 18.0 Å². The zero-order valence-electron chi connectivity index (χ0n) is 9.74. The second kappa shape index (κ2) is 4.91. The number of hydrogen-bond acceptors (Lipinski definition) is 5. The SMILES string of the molecule is NC(=NO)c1ccc([N+](=O)[O-])c(N2CCCC2)c1. The Kier molecular flexibility index (Phi) is 3.31. The van der Waals surface area contributed by atoms with E-state index in [1.807, 2.05) is 4.90 Å². The molecule has 1 saturated heterocycles. The van der Waals surface area contributed by atoms with E-state index in [1.54, 1.807) is 6.07 Å². The Morgan fingerprint density at radius 2 is 2.11 bits per heavy atom. The van der Waals surface area contributed by atoms with Crippen molar-refractivity contribution in [2.45, 2.75) is 12.8 Å². The van der Waals surface area contributed by atoms with Crippen LogP contribution in [0.15, 0.2) is 23.4 Å². The van der Waals surface area contributed by atoms with Crippen LogP contribution in [0.1, 0.15) is 18.4 Å². The van der Waals surface area contributed by atoms with Crippen LogP contribution in [0.4, 0.5) is 11.4 Å². The highest BCUT2D eigenvalue weighted by molar-refractivity contribution is 5.98. The fourth-order valence-corrected chi connectivity index (χ4v) is 2.11. The van der Waals surface area contributed by atoms with Crippen LogP contribution in [-0.4, -0.2) is 29.1 Å². The average molecular weight is 250 g/mol. The van der Waals surface area contributed by atoms with Crippen LogP contribution in [0.2, 0.25) is 0 Å². The zero-order valence-corrected chi connectivity index (χ0v) is 9.74. The first-order valence-electron chi connectivity index (χ1n) is 5.65. The fourth-order valence-electron chi connectivity index (χ4n) is 2.11. The summed E-state index contributed by atoms with van der Waals surface area (Å²) in [4.78, 5) is 12.5. The molecule has 0 saturated carbocycles. The van der Waals surface area contributed by atoms with Crippen molar-refractivity contribution < 1.29 is 10.1 Å². The lowest BCUT2D eigenvalue weighted by atomic mass is 10.1. The topological polar surface area (TPSA) is 105 Å². The summed E-state index contributed by atoms with van der Waals surface area (Å²) in [5.74, 6) is -0.0506. The molecule has 1 aliphatic rings. The van der Waals surface area contributed by atoms with Crippen LogP contribution >= 0.6 is 0 Å². The number of nitro benzene ring substituents is 1. The largest absolute Gasteiger partial charge is 0.409 e. The highest BCUT2D eigenvalue weighted by Gasteiger charge is 2.22. The third-order valence-corrected chi connectivity index (χ3v) is 3.02. The first kappa shape index (κ1) is 12.2. The van der Waals surface area contributed by atoms with Gasteiger partial charge < -0.3 is 15.8 Å². The van der Waals surface area contributed by atoms with E-state index in [0.717, 1.165) is 25.9 Å². The van der Waals surface area contributed by atoms with E-state index in [2.05, 4.69) is 5.16 Å². The summed E-state index contributed by atoms with van der Waals surface area (Å²) in [6, 6.07) is 4.46. The van der Waals surface area contributed by atoms with Gasteiger partial charge >= 0.3 is 0 Å². The number of hydrogen-bond donors (Lipinski definition) is 2. The van der Waals surface area contributed by atoms with Crippen LogP contribution < -0.4 is 10.6 Å². The summed E-state index contributed by atoms with van der Waals surface area (Å²) in [7, 11) is 0. The summed E-state index contributed by atoms with van der Waals surface area (Å²) in [6.07, 6.45) is 2.04. The average Bonchev–Trinajstić information content (AvgIpc) is 2.90. The maximum absolute atomic E-state index is 11.0. The first-order chi connectivity index (χ1) is 8.63. The minimum Gasteiger partial charge on any atom is -0.409 e. The number of amidine groups is 1. The molecule has 0 atom stereocenters. The molecule has 0 bridgehead atoms. The Morgan fingerprint density at radius 1 is 1.44 bits per heavy atom. The van der Waals surface area contributed by atoms with E-state index < -0.39 is 4.92 Å². The lowest BCUT2D eigenvalue weighted by Crippen LogP contribution is -2.20. The van der Waals surface area contributed by atoms with Gasteiger partial charge in [-0.1, -0.05) is 5.16 Å². The fraction of sp³-hybridized carbons (Fsp3) is 0.364. The van der Waals surface area contributed by atoms with Gasteiger partial charge in [0.05, 0.1) is 4.92 Å². The summed E-state index contributed by atoms with van der Waals surface area (Å²) < 4.78 is 0. The second-order valence-corrected chi connectivity index (χ2v) is 4.14. The second-order valence-electron chi connectivity index (χ2n) is 4.14. The number of nitrogens with zero attached hydrogens (tertiary/aromatic N) is 3. The predicted octanol–water partition coefficient (Wildman–Crippen LogP) is 1.29. The van der Waals surface area contributed by atoms with Gasteiger partial charge in [0.1, 0.15) is 5.69 Å². The molecule has 0 spiro atoms. The van der Waals surface area contributed by atoms with Crippen molar-refractivity contribution in [3.8, 4) is 0 Å². The van der Waals surface area contributed by atoms with Crippen LogP contribution in [0.5, 0.6) is 0 Å². The third-order valence-electron chi connectivity index (χ3n) is 3.02. The molecule has 7 nitrogen and oxygen atoms in total. The normalized spacial score (nSPS) is 16.0. The molecule has 1 aliphatic heterocycles. The molecule has 1 heterocycles. The van der Waals surface area contributed by atoms with Crippen LogP contribution in [0.25, 0.3) is 0 Å². The minimum absolute atomic E-state index is 0.0476. The molecule has 0 unspecified atom stereocenters. The standard InChI is InChI=1S/C11H14N4O3/c12-11(13-16)8-3-4-9(15(17)18)10(7-8)14-5-1-2-6-14/h3-4,7,16H,1-2,5-6H2,(H2,12,13). The van der Waals surface area contributed by atoms with E-state index in [9.17, 15) is 10.1 Å². The number of nitrogens with two attached hydrogens (primary N) is 1. The molecule has 1 aromatic rings. The highest BCUT2D eigenvalue weighted by atomic mass is 16.6. The van der Waals surface area contributed by atoms with Gasteiger partial charge in [-0.05, 0) is 25.0 Å². The van der Waals surface area contributed by atoms with E-state index >= 15 is 0 Å². The van der Waals surface area contributed by atoms with Gasteiger partial charge in [-0.3, -0.25) is 10.1 Å². The van der Waals surface area contributed by atoms with Gasteiger partial charge in [0.15, 0.2) is 5.84 Å². The lowest BCUT2D eigenvalue weighted by Gasteiger charge is -2.18. The van der Waals surface area contributed by atoms with Gasteiger partial charge in [0, 0.05) is 24.7 Å². The summed E-state index contributed by atoms with van der Waals surface area (Å²) in [5.41, 5.74) is 6.55. The van der Waals surface area contributed by atoms with Gasteiger partial charge in [-0.2, -0.15) is 0 Å². The van der Waals surface area contributed by atoms with E-state index in [0.29, 0.717) is 11.3 Å². The van der Waals surface area contributed by atoms with Crippen molar-refractivity contribution in [1.82, 2.24) is 0 Å². The maximum Gasteiger partial charge on any atom is 0.292 e. The molecule has 0 radical (unpaired) electrons. The van der Waals surface area contributed by atoms with Crippen molar-refractivity contribution >= 4 is 17.2 Å². The maximum atomic E-state index is 11.0. The molecular formula is C11H14N4O3. The first-order valence-corrected chi connectivity index (χ1v) is 5.65. The zero-order chi connectivity index (χ0) is 13.1. The monoisotopic (exact) mass is 250 g/mol. The molecule has 3 N–H and O–H groups in total. The smallest absolute Gasteiger partial charge is 0.292 e. The van der Waals surface area contributed by atoms with Crippen LogP contribution in [0.3, 0.4) is 0 Å². The number of benzene rings is 1. The molecule has 96 valence electrons. The van der Waals surface area contributed by atoms with Gasteiger partial charge in [-0.15, -0.1) is 0 Å². The molecule has 0 aliphatic carbocycles. The number of rotatable bonds is 3. The summed E-state index contributed by atoms with van der Waals surface area (Å²) in [6.45, 7) is 1.58. The third kappa shape index (κ3) is 2.20. The molecule has 1 aromatic carbocycles. The Labute approximate surface area is 104 Å². The molecular weight excluding hydrogens is 236 g/mol. The van der Waals surface area contributed by atoms with E-state index in [1.165, 1.54) is 12.1 Å². The van der Waals surface area contributed by atoms with Gasteiger partial charge in [0.2, 0.25) is 0 Å². The predicted molar refractivity (Wildman–Crippen MR) is 67.1 cm³/mol. The Morgan fingerprint density at radius 3 is 2.67 bits per heavy atom. The van der Waals surface area contributed by atoms with Gasteiger partial charge in [0.25, 0.3) is 5.69 Å². The van der Waals surface area contributed by atoms with E-state index in [4.69, 9.17) is 10.9 Å². The van der Waals surface area contributed by atoms with Gasteiger partial charge in [-0.25, -0.2) is 0 Å². The minimum atomic E-state index is -0.413. The molecule has 2 rings (SSSR count). The summed E-state index contributed by atoms with van der Waals surface area (Å²) >= 11 is 0. The van der Waals surface area contributed by atoms with Crippen molar-refractivity contribution in [3.63, 3.8) is 0 Å².